The molecule has 0 saturated carbocycles. The molecule has 0 spiro atoms. The van der Waals surface area contributed by atoms with Gasteiger partial charge in [0, 0.05) is 18.7 Å². The summed E-state index contributed by atoms with van der Waals surface area (Å²) in [7, 11) is 0. The van der Waals surface area contributed by atoms with Gasteiger partial charge >= 0.3 is 0 Å². The lowest BCUT2D eigenvalue weighted by Gasteiger charge is -2.44. The second-order valence-corrected chi connectivity index (χ2v) is 5.95. The molecule has 1 heterocycles. The van der Waals surface area contributed by atoms with Crippen LogP contribution < -0.4 is 4.90 Å². The van der Waals surface area contributed by atoms with Crippen LogP contribution in [0.3, 0.4) is 0 Å². The van der Waals surface area contributed by atoms with E-state index in [1.807, 2.05) is 13.8 Å². The van der Waals surface area contributed by atoms with Crippen molar-refractivity contribution in [3.05, 3.63) is 29.8 Å². The van der Waals surface area contributed by atoms with Gasteiger partial charge in [-0.05, 0) is 37.8 Å². The number of hydrogen-bond donors (Lipinski definition) is 0. The van der Waals surface area contributed by atoms with Crippen molar-refractivity contribution in [3.63, 3.8) is 0 Å². The van der Waals surface area contributed by atoms with Gasteiger partial charge in [0.1, 0.15) is 0 Å². The Bertz CT molecular complexity index is 448. The summed E-state index contributed by atoms with van der Waals surface area (Å²) in [5, 5.41) is 0. The molecular weight excluding hydrogens is 222 g/mol. The van der Waals surface area contributed by atoms with Gasteiger partial charge in [0.25, 0.3) is 0 Å². The van der Waals surface area contributed by atoms with E-state index < -0.39 is 0 Å². The first kappa shape index (κ1) is 13.1. The maximum absolute atomic E-state index is 12.1. The Hall–Kier alpha value is -1.31. The number of carbonyl (C=O) groups excluding carboxylic acids is 1. The molecule has 0 bridgehead atoms. The standard InChI is InChI=1S/C16H23NO/c1-12(2)13-8-5-6-9-14(13)17-11-7-10-15(18)16(17,3)4/h5-6,8-9,12H,7,10-11H2,1-4H3. The Morgan fingerprint density at radius 2 is 1.89 bits per heavy atom. The van der Waals surface area contributed by atoms with Crippen molar-refractivity contribution >= 4 is 11.5 Å². The molecule has 0 radical (unpaired) electrons. The molecule has 0 unspecified atom stereocenters. The minimum absolute atomic E-state index is 0.354. The third-order valence-corrected chi connectivity index (χ3v) is 3.99. The molecule has 18 heavy (non-hydrogen) atoms. The number of para-hydroxylation sites is 1. The topological polar surface area (TPSA) is 20.3 Å². The summed E-state index contributed by atoms with van der Waals surface area (Å²) >= 11 is 0. The summed E-state index contributed by atoms with van der Waals surface area (Å²) in [6, 6.07) is 8.47. The van der Waals surface area contributed by atoms with Crippen LogP contribution in [0.2, 0.25) is 0 Å². The van der Waals surface area contributed by atoms with Gasteiger partial charge in [-0.1, -0.05) is 32.0 Å². The van der Waals surface area contributed by atoms with Crippen molar-refractivity contribution in [2.75, 3.05) is 11.4 Å². The number of hydrogen-bond acceptors (Lipinski definition) is 2. The lowest BCUT2D eigenvalue weighted by molar-refractivity contribution is -0.124. The number of ketones is 1. The Morgan fingerprint density at radius 3 is 2.56 bits per heavy atom. The highest BCUT2D eigenvalue weighted by Gasteiger charge is 2.38. The average molecular weight is 245 g/mol. The van der Waals surface area contributed by atoms with Crippen molar-refractivity contribution in [2.24, 2.45) is 0 Å². The molecule has 0 N–H and O–H groups in total. The van der Waals surface area contributed by atoms with Crippen LogP contribution >= 0.6 is 0 Å². The van der Waals surface area contributed by atoms with Crippen LogP contribution in [-0.4, -0.2) is 17.9 Å². The molecule has 1 aromatic carbocycles. The summed E-state index contributed by atoms with van der Waals surface area (Å²) in [5.74, 6) is 0.835. The van der Waals surface area contributed by atoms with Crippen molar-refractivity contribution in [1.29, 1.82) is 0 Å². The molecule has 2 nitrogen and oxygen atoms in total. The van der Waals surface area contributed by atoms with Crippen molar-refractivity contribution < 1.29 is 4.79 Å². The van der Waals surface area contributed by atoms with Gasteiger partial charge in [-0.15, -0.1) is 0 Å². The number of Topliss-reactive ketones (excluding diaryl/α,β-unsaturated/α-hetero) is 1. The second kappa shape index (κ2) is 4.75. The molecule has 98 valence electrons. The van der Waals surface area contributed by atoms with E-state index in [2.05, 4.69) is 43.0 Å². The molecule has 1 saturated heterocycles. The fraction of sp³-hybridized carbons (Fsp3) is 0.562. The molecule has 0 atom stereocenters. The highest BCUT2D eigenvalue weighted by Crippen LogP contribution is 2.35. The minimum atomic E-state index is -0.372. The molecular formula is C16H23NO. The van der Waals surface area contributed by atoms with Gasteiger partial charge in [-0.3, -0.25) is 4.79 Å². The predicted molar refractivity (Wildman–Crippen MR) is 76.2 cm³/mol. The lowest BCUT2D eigenvalue weighted by atomic mass is 9.87. The second-order valence-electron chi connectivity index (χ2n) is 5.95. The van der Waals surface area contributed by atoms with Crippen molar-refractivity contribution in [1.82, 2.24) is 0 Å². The quantitative estimate of drug-likeness (QED) is 0.790. The molecule has 2 heteroatoms. The molecule has 1 fully saturated rings. The van der Waals surface area contributed by atoms with E-state index in [-0.39, 0.29) is 5.54 Å². The number of rotatable bonds is 2. The van der Waals surface area contributed by atoms with E-state index in [4.69, 9.17) is 0 Å². The fourth-order valence-electron chi connectivity index (χ4n) is 2.78. The highest BCUT2D eigenvalue weighted by molar-refractivity contribution is 5.92. The summed E-state index contributed by atoms with van der Waals surface area (Å²) in [4.78, 5) is 14.4. The van der Waals surface area contributed by atoms with Gasteiger partial charge in [0.2, 0.25) is 0 Å². The minimum Gasteiger partial charge on any atom is -0.359 e. The first-order valence-electron chi connectivity index (χ1n) is 6.84. The molecule has 0 aromatic heterocycles. The predicted octanol–water partition coefficient (Wildman–Crippen LogP) is 3.76. The number of benzene rings is 1. The van der Waals surface area contributed by atoms with Crippen molar-refractivity contribution in [2.45, 2.75) is 52.0 Å². The Labute approximate surface area is 110 Å². The van der Waals surface area contributed by atoms with Gasteiger partial charge in [-0.25, -0.2) is 0 Å². The van der Waals surface area contributed by atoms with E-state index in [1.54, 1.807) is 0 Å². The van der Waals surface area contributed by atoms with Gasteiger partial charge in [-0.2, -0.15) is 0 Å². The SMILES string of the molecule is CC(C)c1ccccc1N1CCCC(=O)C1(C)C. The maximum atomic E-state index is 12.1. The lowest BCUT2D eigenvalue weighted by Crippen LogP contribution is -2.54. The zero-order valence-electron chi connectivity index (χ0n) is 11.9. The summed E-state index contributed by atoms with van der Waals surface area (Å²) in [5.41, 5.74) is 2.19. The first-order valence-corrected chi connectivity index (χ1v) is 6.84. The molecule has 1 aliphatic heterocycles. The van der Waals surface area contributed by atoms with Gasteiger partial charge in [0.15, 0.2) is 5.78 Å². The maximum Gasteiger partial charge on any atom is 0.157 e. The Kier molecular flexibility index (Phi) is 3.47. The molecule has 1 aromatic rings. The zero-order valence-corrected chi connectivity index (χ0v) is 11.9. The summed E-state index contributed by atoms with van der Waals surface area (Å²) in [6.45, 7) is 9.48. The van der Waals surface area contributed by atoms with Gasteiger partial charge in [0.05, 0.1) is 5.54 Å². The normalized spacial score (nSPS) is 19.4. The number of piperidine rings is 1. The zero-order chi connectivity index (χ0) is 13.3. The van der Waals surface area contributed by atoms with E-state index in [0.717, 1.165) is 13.0 Å². The van der Waals surface area contributed by atoms with E-state index in [1.165, 1.54) is 11.3 Å². The molecule has 0 amide bonds. The molecule has 2 rings (SSSR count). The van der Waals surface area contributed by atoms with E-state index >= 15 is 0 Å². The number of nitrogens with zero attached hydrogens (tertiary/aromatic N) is 1. The van der Waals surface area contributed by atoms with Crippen molar-refractivity contribution in [3.8, 4) is 0 Å². The van der Waals surface area contributed by atoms with Crippen LogP contribution in [0.25, 0.3) is 0 Å². The average Bonchev–Trinajstić information content (AvgIpc) is 2.32. The van der Waals surface area contributed by atoms with Crippen LogP contribution in [-0.2, 0) is 4.79 Å². The number of anilines is 1. The molecule has 0 aliphatic carbocycles. The Morgan fingerprint density at radius 1 is 1.22 bits per heavy atom. The summed E-state index contributed by atoms with van der Waals surface area (Å²) in [6.07, 6.45) is 1.68. The highest BCUT2D eigenvalue weighted by atomic mass is 16.1. The monoisotopic (exact) mass is 245 g/mol. The van der Waals surface area contributed by atoms with Crippen LogP contribution in [0.15, 0.2) is 24.3 Å². The smallest absolute Gasteiger partial charge is 0.157 e. The van der Waals surface area contributed by atoms with E-state index in [9.17, 15) is 4.79 Å². The number of carbonyl (C=O) groups is 1. The van der Waals surface area contributed by atoms with Crippen LogP contribution in [0.1, 0.15) is 52.0 Å². The van der Waals surface area contributed by atoms with Crippen LogP contribution in [0, 0.1) is 0 Å². The first-order chi connectivity index (χ1) is 8.44. The van der Waals surface area contributed by atoms with Gasteiger partial charge < -0.3 is 4.90 Å². The van der Waals surface area contributed by atoms with E-state index in [0.29, 0.717) is 18.1 Å². The van der Waals surface area contributed by atoms with Crippen LogP contribution in [0.4, 0.5) is 5.69 Å². The third kappa shape index (κ3) is 2.16. The van der Waals surface area contributed by atoms with Crippen LogP contribution in [0.5, 0.6) is 0 Å². The molecule has 1 aliphatic rings. The Balaban J connectivity index is 2.45. The third-order valence-electron chi connectivity index (χ3n) is 3.99. The largest absolute Gasteiger partial charge is 0.359 e. The summed E-state index contributed by atoms with van der Waals surface area (Å²) < 4.78 is 0. The fourth-order valence-corrected chi connectivity index (χ4v) is 2.78.